The zero-order valence-corrected chi connectivity index (χ0v) is 17.4. The van der Waals surface area contributed by atoms with Crippen LogP contribution in [0.3, 0.4) is 0 Å². The van der Waals surface area contributed by atoms with Gasteiger partial charge in [-0.1, -0.05) is 47.0 Å². The fraction of sp³-hybridized carbons (Fsp3) is 0.273. The third kappa shape index (κ3) is 5.97. The van der Waals surface area contributed by atoms with Crippen molar-refractivity contribution < 1.29 is 9.53 Å². The number of unbranched alkanes of at least 4 members (excludes halogenated alkanes) is 1. The summed E-state index contributed by atoms with van der Waals surface area (Å²) in [6.45, 7) is 6.60. The van der Waals surface area contributed by atoms with Crippen molar-refractivity contribution in [2.24, 2.45) is 0 Å². The van der Waals surface area contributed by atoms with Crippen molar-refractivity contribution >= 4 is 33.6 Å². The van der Waals surface area contributed by atoms with Gasteiger partial charge in [0, 0.05) is 15.7 Å². The summed E-state index contributed by atoms with van der Waals surface area (Å²) in [7, 11) is 0. The van der Waals surface area contributed by atoms with Crippen LogP contribution in [0.5, 0.6) is 5.75 Å². The van der Waals surface area contributed by atoms with Gasteiger partial charge < -0.3 is 10.1 Å². The van der Waals surface area contributed by atoms with E-state index in [-0.39, 0.29) is 5.57 Å². The van der Waals surface area contributed by atoms with Gasteiger partial charge in [-0.15, -0.1) is 0 Å². The van der Waals surface area contributed by atoms with Crippen LogP contribution in [0.1, 0.15) is 36.5 Å². The Morgan fingerprint density at radius 2 is 2.04 bits per heavy atom. The molecule has 0 heterocycles. The predicted octanol–water partition coefficient (Wildman–Crippen LogP) is 5.79. The van der Waals surface area contributed by atoms with E-state index >= 15 is 0 Å². The molecule has 2 aromatic rings. The number of amides is 1. The minimum absolute atomic E-state index is 0.0217. The van der Waals surface area contributed by atoms with E-state index in [1.807, 2.05) is 56.3 Å². The summed E-state index contributed by atoms with van der Waals surface area (Å²) in [5.41, 5.74) is 3.47. The van der Waals surface area contributed by atoms with Gasteiger partial charge in [0.05, 0.1) is 6.61 Å². The fourth-order valence-corrected chi connectivity index (χ4v) is 2.92. The molecule has 0 atom stereocenters. The smallest absolute Gasteiger partial charge is 0.266 e. The molecule has 4 nitrogen and oxygen atoms in total. The SMILES string of the molecule is CCCCOc1ccc(Br)cc1/C=C(\C#N)C(=O)Nc1ccc(C)cc1C. The number of ether oxygens (including phenoxy) is 1. The number of nitriles is 1. The molecular weight excluding hydrogens is 404 g/mol. The molecule has 140 valence electrons. The number of carbonyl (C=O) groups is 1. The average Bonchev–Trinajstić information content (AvgIpc) is 2.63. The molecule has 5 heteroatoms. The molecule has 1 N–H and O–H groups in total. The topological polar surface area (TPSA) is 62.1 Å². The molecule has 1 amide bonds. The Morgan fingerprint density at radius 3 is 2.70 bits per heavy atom. The second kappa shape index (κ2) is 9.94. The molecule has 0 radical (unpaired) electrons. The number of aryl methyl sites for hydroxylation is 2. The number of halogens is 1. The van der Waals surface area contributed by atoms with Gasteiger partial charge in [-0.25, -0.2) is 0 Å². The van der Waals surface area contributed by atoms with E-state index in [2.05, 4.69) is 28.2 Å². The van der Waals surface area contributed by atoms with Gasteiger partial charge >= 0.3 is 0 Å². The first-order valence-corrected chi connectivity index (χ1v) is 9.66. The third-order valence-corrected chi connectivity index (χ3v) is 4.52. The van der Waals surface area contributed by atoms with E-state index in [0.29, 0.717) is 23.6 Å². The lowest BCUT2D eigenvalue weighted by molar-refractivity contribution is -0.112. The van der Waals surface area contributed by atoms with Crippen LogP contribution in [-0.4, -0.2) is 12.5 Å². The molecular formula is C22H23BrN2O2. The summed E-state index contributed by atoms with van der Waals surface area (Å²) in [4.78, 5) is 12.6. The minimum Gasteiger partial charge on any atom is -0.493 e. The van der Waals surface area contributed by atoms with Crippen molar-refractivity contribution in [2.75, 3.05) is 11.9 Å². The maximum Gasteiger partial charge on any atom is 0.266 e. The molecule has 0 aliphatic heterocycles. The fourth-order valence-electron chi connectivity index (χ4n) is 2.54. The second-order valence-electron chi connectivity index (χ2n) is 6.33. The molecule has 0 aliphatic carbocycles. The Balaban J connectivity index is 2.28. The highest BCUT2D eigenvalue weighted by atomic mass is 79.9. The van der Waals surface area contributed by atoms with Gasteiger partial charge in [0.15, 0.2) is 0 Å². The number of hydrogen-bond acceptors (Lipinski definition) is 3. The monoisotopic (exact) mass is 426 g/mol. The van der Waals surface area contributed by atoms with Gasteiger partial charge in [0.25, 0.3) is 5.91 Å². The van der Waals surface area contributed by atoms with E-state index in [4.69, 9.17) is 4.74 Å². The van der Waals surface area contributed by atoms with Crippen LogP contribution in [0.15, 0.2) is 46.4 Å². The van der Waals surface area contributed by atoms with Crippen molar-refractivity contribution in [2.45, 2.75) is 33.6 Å². The maximum absolute atomic E-state index is 12.6. The Labute approximate surface area is 169 Å². The standard InChI is InChI=1S/C22H23BrN2O2/c1-4-5-10-27-21-9-7-19(23)13-17(21)12-18(14-24)22(26)25-20-8-6-15(2)11-16(20)3/h6-9,11-13H,4-5,10H2,1-3H3,(H,25,26)/b18-12+. The summed E-state index contributed by atoms with van der Waals surface area (Å²) in [5, 5.41) is 12.3. The molecule has 0 fully saturated rings. The van der Waals surface area contributed by atoms with Crippen LogP contribution in [0, 0.1) is 25.2 Å². The van der Waals surface area contributed by atoms with E-state index in [1.165, 1.54) is 0 Å². The normalized spacial score (nSPS) is 11.0. The number of anilines is 1. The first kappa shape index (κ1) is 20.7. The number of hydrogen-bond donors (Lipinski definition) is 1. The predicted molar refractivity (Wildman–Crippen MR) is 113 cm³/mol. The zero-order chi connectivity index (χ0) is 19.8. The Morgan fingerprint density at radius 1 is 1.26 bits per heavy atom. The molecule has 0 unspecified atom stereocenters. The molecule has 0 aliphatic rings. The number of carbonyl (C=O) groups excluding carboxylic acids is 1. The summed E-state index contributed by atoms with van der Waals surface area (Å²) >= 11 is 3.43. The van der Waals surface area contributed by atoms with E-state index in [9.17, 15) is 10.1 Å². The summed E-state index contributed by atoms with van der Waals surface area (Å²) in [6.07, 6.45) is 3.53. The van der Waals surface area contributed by atoms with E-state index < -0.39 is 5.91 Å². The van der Waals surface area contributed by atoms with Gasteiger partial charge in [-0.05, 0) is 56.2 Å². The molecule has 0 aromatic heterocycles. The highest BCUT2D eigenvalue weighted by molar-refractivity contribution is 9.10. The highest BCUT2D eigenvalue weighted by Gasteiger charge is 2.13. The quantitative estimate of drug-likeness (QED) is 0.346. The minimum atomic E-state index is -0.441. The van der Waals surface area contributed by atoms with Crippen LogP contribution in [0.2, 0.25) is 0 Å². The van der Waals surface area contributed by atoms with E-state index in [1.54, 1.807) is 6.08 Å². The molecule has 27 heavy (non-hydrogen) atoms. The van der Waals surface area contributed by atoms with Crippen LogP contribution < -0.4 is 10.1 Å². The zero-order valence-electron chi connectivity index (χ0n) is 15.8. The van der Waals surface area contributed by atoms with Crippen LogP contribution >= 0.6 is 15.9 Å². The summed E-state index contributed by atoms with van der Waals surface area (Å²) < 4.78 is 6.65. The third-order valence-electron chi connectivity index (χ3n) is 4.02. The molecule has 0 bridgehead atoms. The van der Waals surface area contributed by atoms with Gasteiger partial charge in [-0.3, -0.25) is 4.79 Å². The number of nitrogens with one attached hydrogen (secondary N) is 1. The van der Waals surface area contributed by atoms with Gasteiger partial charge in [0.1, 0.15) is 17.4 Å². The van der Waals surface area contributed by atoms with Crippen LogP contribution in [0.25, 0.3) is 6.08 Å². The maximum atomic E-state index is 12.6. The lowest BCUT2D eigenvalue weighted by Gasteiger charge is -2.11. The van der Waals surface area contributed by atoms with Crippen LogP contribution in [-0.2, 0) is 4.79 Å². The van der Waals surface area contributed by atoms with Crippen molar-refractivity contribution in [1.29, 1.82) is 5.26 Å². The van der Waals surface area contributed by atoms with Crippen molar-refractivity contribution in [1.82, 2.24) is 0 Å². The Kier molecular flexibility index (Phi) is 7.63. The van der Waals surface area contributed by atoms with Crippen molar-refractivity contribution in [3.05, 3.63) is 63.1 Å². The Hall–Kier alpha value is -2.58. The number of benzene rings is 2. The molecule has 0 saturated carbocycles. The summed E-state index contributed by atoms with van der Waals surface area (Å²) in [6, 6.07) is 13.3. The molecule has 0 saturated heterocycles. The second-order valence-corrected chi connectivity index (χ2v) is 7.24. The van der Waals surface area contributed by atoms with Crippen molar-refractivity contribution in [3.8, 4) is 11.8 Å². The Bertz CT molecular complexity index is 898. The average molecular weight is 427 g/mol. The van der Waals surface area contributed by atoms with Crippen molar-refractivity contribution in [3.63, 3.8) is 0 Å². The lowest BCUT2D eigenvalue weighted by atomic mass is 10.1. The molecule has 0 spiro atoms. The van der Waals surface area contributed by atoms with E-state index in [0.717, 1.165) is 28.4 Å². The number of rotatable bonds is 7. The van der Waals surface area contributed by atoms with Crippen LogP contribution in [0.4, 0.5) is 5.69 Å². The highest BCUT2D eigenvalue weighted by Crippen LogP contribution is 2.26. The summed E-state index contributed by atoms with van der Waals surface area (Å²) in [5.74, 6) is 0.211. The lowest BCUT2D eigenvalue weighted by Crippen LogP contribution is -2.14. The molecule has 2 rings (SSSR count). The first-order chi connectivity index (χ1) is 12.9. The van der Waals surface area contributed by atoms with Gasteiger partial charge in [-0.2, -0.15) is 5.26 Å². The number of nitrogens with zero attached hydrogens (tertiary/aromatic N) is 1. The van der Waals surface area contributed by atoms with Gasteiger partial charge in [0.2, 0.25) is 0 Å². The largest absolute Gasteiger partial charge is 0.493 e. The first-order valence-electron chi connectivity index (χ1n) is 8.87. The molecule has 2 aromatic carbocycles.